The Morgan fingerprint density at radius 1 is 0.306 bits per heavy atom. The molecule has 0 aliphatic heterocycles. The van der Waals surface area contributed by atoms with Crippen molar-refractivity contribution in [1.29, 1.82) is 0 Å². The van der Waals surface area contributed by atoms with E-state index in [0.29, 0.717) is 17.5 Å². The number of fused-ring (bicyclic) bond motifs is 6. The average Bonchev–Trinajstić information content (AvgIpc) is 3.55. The molecule has 0 amide bonds. The lowest BCUT2D eigenvalue weighted by Gasteiger charge is -2.13. The van der Waals surface area contributed by atoms with Crippen LogP contribution in [-0.2, 0) is 0 Å². The van der Waals surface area contributed by atoms with Crippen LogP contribution in [0.25, 0.3) is 99.5 Å². The molecule has 4 heteroatoms. The Balaban J connectivity index is 1.17. The number of rotatable bonds is 4. The monoisotopic (exact) mass is 625 g/mol. The summed E-state index contributed by atoms with van der Waals surface area (Å²) in [6.07, 6.45) is 0. The molecule has 0 unspecified atom stereocenters. The highest BCUT2D eigenvalue weighted by molar-refractivity contribution is 6.09. The summed E-state index contributed by atoms with van der Waals surface area (Å²) in [4.78, 5) is 15.4. The molecular weight excluding hydrogens is 599 g/mol. The van der Waals surface area contributed by atoms with Crippen molar-refractivity contribution in [2.75, 3.05) is 0 Å². The van der Waals surface area contributed by atoms with Gasteiger partial charge in [-0.2, -0.15) is 0 Å². The summed E-state index contributed by atoms with van der Waals surface area (Å²) >= 11 is 0. The smallest absolute Gasteiger partial charge is 0.164 e. The highest BCUT2D eigenvalue weighted by atomic mass is 16.3. The van der Waals surface area contributed by atoms with Crippen molar-refractivity contribution < 1.29 is 4.42 Å². The molecule has 228 valence electrons. The Labute approximate surface area is 282 Å². The van der Waals surface area contributed by atoms with Crippen LogP contribution in [0.3, 0.4) is 0 Å². The van der Waals surface area contributed by atoms with Crippen LogP contribution >= 0.6 is 0 Å². The molecule has 0 spiro atoms. The van der Waals surface area contributed by atoms with E-state index in [0.717, 1.165) is 71.3 Å². The second kappa shape index (κ2) is 11.0. The number of hydrogen-bond donors (Lipinski definition) is 0. The highest BCUT2D eigenvalue weighted by Gasteiger charge is 2.17. The van der Waals surface area contributed by atoms with E-state index in [9.17, 15) is 0 Å². The Morgan fingerprint density at radius 2 is 0.816 bits per heavy atom. The number of para-hydroxylation sites is 1. The minimum absolute atomic E-state index is 0.639. The van der Waals surface area contributed by atoms with Gasteiger partial charge in [0.25, 0.3) is 0 Å². The number of aromatic nitrogens is 3. The molecule has 0 bridgehead atoms. The molecule has 0 fully saturated rings. The van der Waals surface area contributed by atoms with Gasteiger partial charge in [0.05, 0.1) is 0 Å². The second-order valence-electron chi connectivity index (χ2n) is 12.4. The third-order valence-corrected chi connectivity index (χ3v) is 9.50. The summed E-state index contributed by atoms with van der Waals surface area (Å²) < 4.78 is 6.13. The SMILES string of the molecule is c1ccc2cc(-c3nc(-c4ccc5ccccc5c4)nc(-c4cccc5c(-c6ccc7oc8ccccc8c7c6)cccc45)n3)ccc2c1. The van der Waals surface area contributed by atoms with Crippen molar-refractivity contribution in [3.63, 3.8) is 0 Å². The fraction of sp³-hybridized carbons (Fsp3) is 0. The Morgan fingerprint density at radius 3 is 1.51 bits per heavy atom. The fourth-order valence-electron chi connectivity index (χ4n) is 7.06. The van der Waals surface area contributed by atoms with Crippen molar-refractivity contribution in [3.05, 3.63) is 164 Å². The van der Waals surface area contributed by atoms with Crippen molar-refractivity contribution >= 4 is 54.3 Å². The molecule has 0 aliphatic carbocycles. The molecule has 0 radical (unpaired) electrons. The van der Waals surface area contributed by atoms with Crippen LogP contribution in [0, 0.1) is 0 Å². The Bertz CT molecular complexity index is 2810. The molecule has 49 heavy (non-hydrogen) atoms. The summed E-state index contributed by atoms with van der Waals surface area (Å²) in [6.45, 7) is 0. The first-order chi connectivity index (χ1) is 24.2. The summed E-state index contributed by atoms with van der Waals surface area (Å²) in [5, 5.41) is 9.09. The molecule has 2 heterocycles. The number of furan rings is 1. The van der Waals surface area contributed by atoms with E-state index in [2.05, 4.69) is 152 Å². The van der Waals surface area contributed by atoms with E-state index in [1.165, 1.54) is 10.8 Å². The van der Waals surface area contributed by atoms with E-state index >= 15 is 0 Å². The normalized spacial score (nSPS) is 11.7. The Kier molecular flexibility index (Phi) is 6.15. The van der Waals surface area contributed by atoms with E-state index in [1.807, 2.05) is 12.1 Å². The summed E-state index contributed by atoms with van der Waals surface area (Å²) in [6, 6.07) is 57.1. The zero-order valence-corrected chi connectivity index (χ0v) is 26.3. The van der Waals surface area contributed by atoms with Gasteiger partial charge in [-0.1, -0.05) is 133 Å². The fourth-order valence-corrected chi connectivity index (χ4v) is 7.06. The van der Waals surface area contributed by atoms with Gasteiger partial charge in [-0.25, -0.2) is 15.0 Å². The van der Waals surface area contributed by atoms with Crippen LogP contribution in [0.1, 0.15) is 0 Å². The molecule has 8 aromatic carbocycles. The van der Waals surface area contributed by atoms with Crippen molar-refractivity contribution in [3.8, 4) is 45.3 Å². The minimum Gasteiger partial charge on any atom is -0.456 e. The lowest BCUT2D eigenvalue weighted by Crippen LogP contribution is -2.00. The van der Waals surface area contributed by atoms with Gasteiger partial charge >= 0.3 is 0 Å². The quantitative estimate of drug-likeness (QED) is 0.195. The zero-order valence-electron chi connectivity index (χ0n) is 26.3. The molecule has 2 aromatic heterocycles. The maximum absolute atomic E-state index is 6.13. The lowest BCUT2D eigenvalue weighted by molar-refractivity contribution is 0.669. The number of benzene rings is 8. The first-order valence-electron chi connectivity index (χ1n) is 16.4. The first-order valence-corrected chi connectivity index (χ1v) is 16.4. The predicted octanol–water partition coefficient (Wildman–Crippen LogP) is 11.9. The van der Waals surface area contributed by atoms with Gasteiger partial charge in [-0.3, -0.25) is 0 Å². The first kappa shape index (κ1) is 27.5. The topological polar surface area (TPSA) is 51.8 Å². The summed E-state index contributed by atoms with van der Waals surface area (Å²) in [5.41, 5.74) is 6.92. The molecule has 0 N–H and O–H groups in total. The molecule has 0 saturated carbocycles. The number of hydrogen-bond acceptors (Lipinski definition) is 4. The van der Waals surface area contributed by atoms with Gasteiger partial charge in [0.1, 0.15) is 11.2 Å². The molecule has 10 rings (SSSR count). The van der Waals surface area contributed by atoms with E-state index in [1.54, 1.807) is 0 Å². The van der Waals surface area contributed by atoms with Crippen LogP contribution < -0.4 is 0 Å². The van der Waals surface area contributed by atoms with Crippen molar-refractivity contribution in [2.24, 2.45) is 0 Å². The van der Waals surface area contributed by atoms with Crippen molar-refractivity contribution in [2.45, 2.75) is 0 Å². The van der Waals surface area contributed by atoms with E-state index in [-0.39, 0.29) is 0 Å². The van der Waals surface area contributed by atoms with Crippen LogP contribution in [0.4, 0.5) is 0 Å². The van der Waals surface area contributed by atoms with E-state index in [4.69, 9.17) is 19.4 Å². The van der Waals surface area contributed by atoms with Crippen LogP contribution in [0.5, 0.6) is 0 Å². The minimum atomic E-state index is 0.639. The molecule has 10 aromatic rings. The second-order valence-corrected chi connectivity index (χ2v) is 12.4. The zero-order chi connectivity index (χ0) is 32.3. The lowest BCUT2D eigenvalue weighted by atomic mass is 9.94. The summed E-state index contributed by atoms with van der Waals surface area (Å²) in [7, 11) is 0. The van der Waals surface area contributed by atoms with Gasteiger partial charge in [-0.05, 0) is 73.8 Å². The maximum atomic E-state index is 6.13. The highest BCUT2D eigenvalue weighted by Crippen LogP contribution is 2.38. The number of nitrogens with zero attached hydrogens (tertiary/aromatic N) is 3. The summed E-state index contributed by atoms with van der Waals surface area (Å²) in [5.74, 6) is 1.93. The molecule has 0 aliphatic rings. The molecular formula is C45H27N3O. The third-order valence-electron chi connectivity index (χ3n) is 9.50. The van der Waals surface area contributed by atoms with Gasteiger partial charge < -0.3 is 4.42 Å². The van der Waals surface area contributed by atoms with Crippen LogP contribution in [-0.4, -0.2) is 15.0 Å². The third kappa shape index (κ3) is 4.65. The van der Waals surface area contributed by atoms with Crippen molar-refractivity contribution in [1.82, 2.24) is 15.0 Å². The molecule has 0 saturated heterocycles. The van der Waals surface area contributed by atoms with Gasteiger partial charge in [0.15, 0.2) is 17.5 Å². The van der Waals surface area contributed by atoms with E-state index < -0.39 is 0 Å². The molecule has 0 atom stereocenters. The maximum Gasteiger partial charge on any atom is 0.164 e. The van der Waals surface area contributed by atoms with Crippen LogP contribution in [0.15, 0.2) is 168 Å². The largest absolute Gasteiger partial charge is 0.456 e. The van der Waals surface area contributed by atoms with Gasteiger partial charge in [0, 0.05) is 27.5 Å². The van der Waals surface area contributed by atoms with Gasteiger partial charge in [-0.15, -0.1) is 0 Å². The molecule has 4 nitrogen and oxygen atoms in total. The van der Waals surface area contributed by atoms with Gasteiger partial charge in [0.2, 0.25) is 0 Å². The predicted molar refractivity (Wildman–Crippen MR) is 201 cm³/mol. The standard InChI is InChI=1S/C45H27N3O/c1-3-11-30-25-33(21-19-28(30)9-1)43-46-44(34-22-20-29-10-2-4-12-31(29)26-34)48-45(47-43)39-17-8-15-36-35(14-7-16-37(36)39)32-23-24-42-40(27-32)38-13-5-6-18-41(38)49-42/h1-27H. The average molecular weight is 626 g/mol. The van der Waals surface area contributed by atoms with Crippen LogP contribution in [0.2, 0.25) is 0 Å². The Hall–Kier alpha value is -6.65.